The number of methoxy groups -OCH3 is 2. The van der Waals surface area contributed by atoms with Gasteiger partial charge in [0.05, 0.1) is 19.9 Å². The summed E-state index contributed by atoms with van der Waals surface area (Å²) in [4.78, 5) is 21.4. The number of hydrogen-bond acceptors (Lipinski definition) is 9. The highest BCUT2D eigenvalue weighted by Gasteiger charge is 2.21. The van der Waals surface area contributed by atoms with Gasteiger partial charge in [-0.05, 0) is 29.8 Å². The van der Waals surface area contributed by atoms with E-state index in [9.17, 15) is 18.3 Å². The quantitative estimate of drug-likeness (QED) is 0.503. The molecule has 1 N–H and O–H groups in total. The van der Waals surface area contributed by atoms with Crippen LogP contribution >= 0.6 is 0 Å². The largest absolute Gasteiger partial charge is 0.493 e. The molecule has 9 nitrogen and oxygen atoms in total. The van der Waals surface area contributed by atoms with Crippen LogP contribution in [0.1, 0.15) is 28.7 Å². The average Bonchev–Trinajstić information content (AvgIpc) is 2.74. The molecule has 1 unspecified atom stereocenters. The predicted molar refractivity (Wildman–Crippen MR) is 113 cm³/mol. The number of rotatable bonds is 7. The molecule has 0 saturated heterocycles. The first kappa shape index (κ1) is 22.4. The summed E-state index contributed by atoms with van der Waals surface area (Å²) in [6.45, 7) is 1.63. The van der Waals surface area contributed by atoms with E-state index >= 15 is 0 Å². The van der Waals surface area contributed by atoms with Gasteiger partial charge in [-0.1, -0.05) is 12.1 Å². The van der Waals surface area contributed by atoms with Gasteiger partial charge in [-0.3, -0.25) is 4.79 Å². The highest BCUT2D eigenvalue weighted by atomic mass is 32.2. The Labute approximate surface area is 180 Å². The first-order valence-electron chi connectivity index (χ1n) is 9.27. The summed E-state index contributed by atoms with van der Waals surface area (Å²) in [5.41, 5.74) is 1.64. The van der Waals surface area contributed by atoms with Crippen molar-refractivity contribution in [1.29, 1.82) is 0 Å². The van der Waals surface area contributed by atoms with E-state index in [1.807, 2.05) is 6.07 Å². The molecule has 0 radical (unpaired) electrons. The molecule has 0 bridgehead atoms. The summed E-state index contributed by atoms with van der Waals surface area (Å²) in [5.74, 6) is 0.773. The number of aliphatic hydroxyl groups excluding tert-OH is 1. The molecule has 164 valence electrons. The minimum absolute atomic E-state index is 0.00251. The Balaban J connectivity index is 1.98. The zero-order valence-electron chi connectivity index (χ0n) is 17.6. The van der Waals surface area contributed by atoms with Gasteiger partial charge in [0.25, 0.3) is 0 Å². The van der Waals surface area contributed by atoms with Gasteiger partial charge in [0.2, 0.25) is 15.0 Å². The Morgan fingerprint density at radius 2 is 1.87 bits per heavy atom. The molecular weight excluding hydrogens is 422 g/mol. The standard InChI is InChI=1S/C21H23N3O6S/c1-13(25)16-10-17(23-21(22-16)31(4,27)28)15-6-8-20(26)24(12-15)11-14-5-7-18(29-2)19(9-14)30-3/h5-10,12,20,26H,11H2,1-4H3. The molecule has 1 aromatic carbocycles. The molecule has 1 atom stereocenters. The lowest BCUT2D eigenvalue weighted by atomic mass is 10.1. The molecule has 1 aliphatic rings. The Kier molecular flexibility index (Phi) is 6.42. The third kappa shape index (κ3) is 5.09. The van der Waals surface area contributed by atoms with E-state index in [2.05, 4.69) is 9.97 Å². The van der Waals surface area contributed by atoms with Crippen LogP contribution in [-0.4, -0.2) is 60.9 Å². The first-order valence-corrected chi connectivity index (χ1v) is 11.2. The number of Topliss-reactive ketones (excluding diaryl/α,β-unsaturated/α-hetero) is 1. The molecule has 3 rings (SSSR count). The molecule has 1 aromatic heterocycles. The van der Waals surface area contributed by atoms with Crippen LogP contribution in [0.2, 0.25) is 0 Å². The first-order chi connectivity index (χ1) is 14.6. The number of aliphatic hydroxyl groups is 1. The molecule has 2 heterocycles. The molecule has 0 amide bonds. The van der Waals surface area contributed by atoms with E-state index in [-0.39, 0.29) is 17.2 Å². The van der Waals surface area contributed by atoms with Crippen LogP contribution in [0, 0.1) is 0 Å². The highest BCUT2D eigenvalue weighted by molar-refractivity contribution is 7.90. The van der Waals surface area contributed by atoms with Gasteiger partial charge < -0.3 is 19.5 Å². The van der Waals surface area contributed by atoms with Crippen molar-refractivity contribution >= 4 is 21.2 Å². The third-order valence-electron chi connectivity index (χ3n) is 4.60. The Morgan fingerprint density at radius 1 is 1.16 bits per heavy atom. The van der Waals surface area contributed by atoms with Gasteiger partial charge in [0.1, 0.15) is 11.9 Å². The van der Waals surface area contributed by atoms with Crippen molar-refractivity contribution in [1.82, 2.24) is 14.9 Å². The summed E-state index contributed by atoms with van der Waals surface area (Å²) >= 11 is 0. The smallest absolute Gasteiger partial charge is 0.248 e. The molecule has 0 saturated carbocycles. The third-order valence-corrected chi connectivity index (χ3v) is 5.45. The van der Waals surface area contributed by atoms with Crippen LogP contribution in [0.25, 0.3) is 5.57 Å². The lowest BCUT2D eigenvalue weighted by molar-refractivity contribution is 0.0729. The normalized spacial score (nSPS) is 16.1. The molecule has 0 aliphatic carbocycles. The second kappa shape index (κ2) is 8.86. The minimum Gasteiger partial charge on any atom is -0.493 e. The van der Waals surface area contributed by atoms with Crippen LogP contribution in [0.3, 0.4) is 0 Å². The topological polar surface area (TPSA) is 119 Å². The van der Waals surface area contributed by atoms with Gasteiger partial charge in [-0.25, -0.2) is 18.4 Å². The maximum absolute atomic E-state index is 12.0. The van der Waals surface area contributed by atoms with Gasteiger partial charge in [0.15, 0.2) is 17.3 Å². The number of hydrogen-bond donors (Lipinski definition) is 1. The van der Waals surface area contributed by atoms with Gasteiger partial charge in [-0.15, -0.1) is 0 Å². The van der Waals surface area contributed by atoms with E-state index in [0.29, 0.717) is 23.6 Å². The molecule has 2 aromatic rings. The highest BCUT2D eigenvalue weighted by Crippen LogP contribution is 2.29. The lowest BCUT2D eigenvalue weighted by Gasteiger charge is -2.28. The second-order valence-corrected chi connectivity index (χ2v) is 8.88. The van der Waals surface area contributed by atoms with E-state index in [4.69, 9.17) is 9.47 Å². The maximum atomic E-state index is 12.0. The van der Waals surface area contributed by atoms with Crippen molar-refractivity contribution in [2.75, 3.05) is 20.5 Å². The van der Waals surface area contributed by atoms with E-state index < -0.39 is 21.2 Å². The monoisotopic (exact) mass is 445 g/mol. The van der Waals surface area contributed by atoms with Crippen LogP contribution in [0.4, 0.5) is 0 Å². The maximum Gasteiger partial charge on any atom is 0.248 e. The van der Waals surface area contributed by atoms with E-state index in [1.54, 1.807) is 49.6 Å². The Hall–Kier alpha value is -3.24. The molecule has 10 heteroatoms. The number of aromatic nitrogens is 2. The number of carbonyl (C=O) groups excluding carboxylic acids is 1. The number of nitrogens with zero attached hydrogens (tertiary/aromatic N) is 3. The summed E-state index contributed by atoms with van der Waals surface area (Å²) in [6.07, 6.45) is 4.90. The summed E-state index contributed by atoms with van der Waals surface area (Å²) in [6, 6.07) is 6.85. The second-order valence-electron chi connectivity index (χ2n) is 6.97. The Morgan fingerprint density at radius 3 is 2.48 bits per heavy atom. The summed E-state index contributed by atoms with van der Waals surface area (Å²) in [7, 11) is -0.632. The Bertz CT molecular complexity index is 1170. The van der Waals surface area contributed by atoms with Gasteiger partial charge in [-0.2, -0.15) is 0 Å². The van der Waals surface area contributed by atoms with Gasteiger partial charge in [0, 0.05) is 31.5 Å². The van der Waals surface area contributed by atoms with Crippen LogP contribution in [-0.2, 0) is 16.4 Å². The molecular formula is C21H23N3O6S. The van der Waals surface area contributed by atoms with Crippen molar-refractivity contribution in [3.8, 4) is 11.5 Å². The van der Waals surface area contributed by atoms with Crippen molar-refractivity contribution in [2.45, 2.75) is 24.9 Å². The fourth-order valence-electron chi connectivity index (χ4n) is 3.00. The van der Waals surface area contributed by atoms with Crippen molar-refractivity contribution < 1.29 is 27.8 Å². The van der Waals surface area contributed by atoms with Crippen molar-refractivity contribution in [2.24, 2.45) is 0 Å². The lowest BCUT2D eigenvalue weighted by Crippen LogP contribution is -2.30. The van der Waals surface area contributed by atoms with Crippen molar-refractivity contribution in [3.63, 3.8) is 0 Å². The number of ketones is 1. The zero-order valence-corrected chi connectivity index (χ0v) is 18.4. The molecule has 0 fully saturated rings. The van der Waals surface area contributed by atoms with Crippen molar-refractivity contribution in [3.05, 3.63) is 59.6 Å². The SMILES string of the molecule is COc1ccc(CN2C=C(c3cc(C(C)=O)nc(S(C)(=O)=O)n3)C=CC2O)cc1OC. The predicted octanol–water partition coefficient (Wildman–Crippen LogP) is 1.83. The van der Waals surface area contributed by atoms with Crippen LogP contribution in [0.5, 0.6) is 11.5 Å². The van der Waals surface area contributed by atoms with Crippen LogP contribution < -0.4 is 9.47 Å². The fraction of sp³-hybridized carbons (Fsp3) is 0.286. The minimum atomic E-state index is -3.72. The fourth-order valence-corrected chi connectivity index (χ4v) is 3.53. The van der Waals surface area contributed by atoms with E-state index in [0.717, 1.165) is 11.8 Å². The number of carbonyl (C=O) groups is 1. The van der Waals surface area contributed by atoms with E-state index in [1.165, 1.54) is 13.0 Å². The summed E-state index contributed by atoms with van der Waals surface area (Å²) < 4.78 is 34.5. The average molecular weight is 445 g/mol. The number of ether oxygens (including phenoxy) is 2. The number of allylic oxidation sites excluding steroid dienone is 2. The molecule has 1 aliphatic heterocycles. The summed E-state index contributed by atoms with van der Waals surface area (Å²) in [5, 5.41) is 9.98. The zero-order chi connectivity index (χ0) is 22.8. The number of benzene rings is 1. The molecule has 31 heavy (non-hydrogen) atoms. The van der Waals surface area contributed by atoms with Gasteiger partial charge >= 0.3 is 0 Å². The number of sulfone groups is 1. The molecule has 0 spiro atoms. The van der Waals surface area contributed by atoms with Crippen LogP contribution in [0.15, 0.2) is 47.8 Å².